The normalized spacial score (nSPS) is 29.6. The second-order valence-electron chi connectivity index (χ2n) is 22.1. The molecule has 318 valence electrons. The molecule has 4 rings (SSSR count). The van der Waals surface area contributed by atoms with Crippen molar-refractivity contribution in [2.24, 2.45) is 23.2 Å². The van der Waals surface area contributed by atoms with Crippen molar-refractivity contribution < 1.29 is 22.8 Å². The Kier molecular flexibility index (Phi) is 15.8. The van der Waals surface area contributed by atoms with Gasteiger partial charge in [0, 0.05) is 6.42 Å². The van der Waals surface area contributed by atoms with E-state index in [0.29, 0.717) is 18.4 Å². The maximum absolute atomic E-state index is 13.8. The number of rotatable bonds is 15. The minimum absolute atomic E-state index is 0.0174. The highest BCUT2D eigenvalue weighted by Gasteiger charge is 2.52. The molecule has 0 aromatic rings. The summed E-state index contributed by atoms with van der Waals surface area (Å²) in [6, 6.07) is 3.52. The lowest BCUT2D eigenvalue weighted by Gasteiger charge is -2.45. The first-order valence-corrected chi connectivity index (χ1v) is 31.4. The maximum Gasteiger partial charge on any atom is 0.308 e. The van der Waals surface area contributed by atoms with Crippen LogP contribution in [0.3, 0.4) is 0 Å². The summed E-state index contributed by atoms with van der Waals surface area (Å²) >= 11 is 0. The highest BCUT2D eigenvalue weighted by molar-refractivity contribution is 6.74. The molecule has 0 heterocycles. The van der Waals surface area contributed by atoms with Crippen LogP contribution in [-0.2, 0) is 22.8 Å². The van der Waals surface area contributed by atoms with Crippen molar-refractivity contribution in [2.75, 3.05) is 6.61 Å². The van der Waals surface area contributed by atoms with E-state index < -0.39 is 25.0 Å². The van der Waals surface area contributed by atoms with E-state index in [0.717, 1.165) is 44.9 Å². The van der Waals surface area contributed by atoms with Gasteiger partial charge in [0.05, 0.1) is 30.3 Å². The first-order chi connectivity index (χ1) is 25.5. The van der Waals surface area contributed by atoms with Crippen molar-refractivity contribution in [3.05, 3.63) is 23.3 Å². The van der Waals surface area contributed by atoms with Crippen LogP contribution in [0.15, 0.2) is 23.3 Å². The fraction of sp³-hybridized carbons (Fsp3) is 0.894. The molecule has 4 aliphatic carbocycles. The molecule has 0 radical (unpaired) electrons. The molecule has 6 atom stereocenters. The summed E-state index contributed by atoms with van der Waals surface area (Å²) in [5, 5.41) is 0.360. The SMILES string of the molecule is CC[Si](CC)(CC)OC1(CCOC(=O)[C@@H](C)[C@H]2CC[C@H]3/C(=C/C=C4C[C@@H](O[Si](C)(C)C(C)(C)C)C[C@H](O[Si](C)(C)C(C)(C)C)C4)CCC[C@]23C)CCCCC1. The molecule has 0 saturated heterocycles. The fourth-order valence-corrected chi connectivity index (χ4v) is 16.5. The van der Waals surface area contributed by atoms with Gasteiger partial charge in [-0.25, -0.2) is 0 Å². The summed E-state index contributed by atoms with van der Waals surface area (Å²) < 4.78 is 27.7. The Balaban J connectivity index is 1.46. The molecule has 4 saturated carbocycles. The van der Waals surface area contributed by atoms with Gasteiger partial charge < -0.3 is 18.0 Å². The van der Waals surface area contributed by atoms with Gasteiger partial charge in [0.25, 0.3) is 0 Å². The summed E-state index contributed by atoms with van der Waals surface area (Å²) in [5.74, 6) is 0.838. The first kappa shape index (κ1) is 47.2. The zero-order valence-corrected chi connectivity index (χ0v) is 41.8. The van der Waals surface area contributed by atoms with Crippen LogP contribution < -0.4 is 0 Å². The first-order valence-electron chi connectivity index (χ1n) is 23.1. The summed E-state index contributed by atoms with van der Waals surface area (Å²) in [6.45, 7) is 35.8. The van der Waals surface area contributed by atoms with Crippen molar-refractivity contribution in [3.63, 3.8) is 0 Å². The standard InChI is InChI=1S/C47H88O5Si3/c1-16-55(17-2,18-3)52-47(29-20-19-21-30-47)31-32-49-43(48)36(4)41-26-27-42-38(23-22-28-46(41,42)11)25-24-37-33-39(50-53(12,13)44(5,6)7)35-40(34-37)51-54(14,15)45(8,9)10/h24-25,36,39-42H,16-23,26-35H2,1-15H3/b38-25+/t36-,39+,40+,41+,42-,46+/m0/s1. The average Bonchev–Trinajstić information content (AvgIpc) is 3.45. The third kappa shape index (κ3) is 11.2. The van der Waals surface area contributed by atoms with Crippen molar-refractivity contribution in [3.8, 4) is 0 Å². The van der Waals surface area contributed by atoms with E-state index in [2.05, 4.69) is 115 Å². The lowest BCUT2D eigenvalue weighted by atomic mass is 9.61. The van der Waals surface area contributed by atoms with Gasteiger partial charge in [-0.3, -0.25) is 4.79 Å². The largest absolute Gasteiger partial charge is 0.465 e. The van der Waals surface area contributed by atoms with Crippen LogP contribution in [0.5, 0.6) is 0 Å². The molecular formula is C47H88O5Si3. The van der Waals surface area contributed by atoms with Crippen molar-refractivity contribution in [1.29, 1.82) is 0 Å². The molecule has 0 aliphatic heterocycles. The van der Waals surface area contributed by atoms with E-state index in [1.807, 2.05) is 0 Å². The fourth-order valence-electron chi connectivity index (χ4n) is 10.6. The van der Waals surface area contributed by atoms with Gasteiger partial charge in [0.1, 0.15) is 0 Å². The highest BCUT2D eigenvalue weighted by atomic mass is 28.4. The third-order valence-corrected chi connectivity index (χ3v) is 30.3. The van der Waals surface area contributed by atoms with Crippen LogP contribution in [0.1, 0.15) is 166 Å². The molecule has 0 aromatic heterocycles. The van der Waals surface area contributed by atoms with Gasteiger partial charge in [-0.05, 0) is 136 Å². The Morgan fingerprint density at radius 2 is 1.35 bits per heavy atom. The third-order valence-electron chi connectivity index (χ3n) is 16.5. The zero-order valence-electron chi connectivity index (χ0n) is 38.8. The zero-order chi connectivity index (χ0) is 41.1. The van der Waals surface area contributed by atoms with Crippen LogP contribution in [-0.4, -0.2) is 55.3 Å². The summed E-state index contributed by atoms with van der Waals surface area (Å²) in [5.41, 5.74) is 3.13. The lowest BCUT2D eigenvalue weighted by Crippen LogP contribution is -2.49. The number of allylic oxidation sites excluding steroid dienone is 3. The average molecular weight is 817 g/mol. The Hall–Kier alpha value is -0.519. The summed E-state index contributed by atoms with van der Waals surface area (Å²) in [6.07, 6.45) is 21.1. The van der Waals surface area contributed by atoms with E-state index in [9.17, 15) is 4.79 Å². The smallest absolute Gasteiger partial charge is 0.308 e. The molecule has 0 N–H and O–H groups in total. The van der Waals surface area contributed by atoms with Gasteiger partial charge in [-0.2, -0.15) is 0 Å². The second kappa shape index (κ2) is 18.4. The maximum atomic E-state index is 13.8. The number of hydrogen-bond donors (Lipinski definition) is 0. The van der Waals surface area contributed by atoms with Crippen molar-refractivity contribution in [1.82, 2.24) is 0 Å². The van der Waals surface area contributed by atoms with Gasteiger partial charge in [-0.15, -0.1) is 0 Å². The number of fused-ring (bicyclic) bond motifs is 1. The highest BCUT2D eigenvalue weighted by Crippen LogP contribution is 2.59. The Morgan fingerprint density at radius 3 is 1.85 bits per heavy atom. The Bertz CT molecular complexity index is 1280. The molecule has 0 aromatic carbocycles. The quantitative estimate of drug-likeness (QED) is 0.122. The van der Waals surface area contributed by atoms with Crippen molar-refractivity contribution >= 4 is 30.9 Å². The number of carbonyl (C=O) groups is 1. The van der Waals surface area contributed by atoms with Crippen LogP contribution in [0.25, 0.3) is 0 Å². The van der Waals surface area contributed by atoms with Gasteiger partial charge in [0.2, 0.25) is 0 Å². The second-order valence-corrected chi connectivity index (χ2v) is 36.3. The van der Waals surface area contributed by atoms with Gasteiger partial charge in [-0.1, -0.05) is 119 Å². The summed E-state index contributed by atoms with van der Waals surface area (Å²) in [4.78, 5) is 13.8. The Morgan fingerprint density at radius 1 is 0.800 bits per heavy atom. The molecule has 0 spiro atoms. The van der Waals surface area contributed by atoms with E-state index in [1.54, 1.807) is 5.57 Å². The number of ether oxygens (including phenoxy) is 1. The molecule has 4 fully saturated rings. The van der Waals surface area contributed by atoms with E-state index >= 15 is 0 Å². The van der Waals surface area contributed by atoms with E-state index in [4.69, 9.17) is 18.0 Å². The van der Waals surface area contributed by atoms with Crippen LogP contribution in [0.2, 0.25) is 54.4 Å². The lowest BCUT2D eigenvalue weighted by molar-refractivity contribution is -0.153. The number of hydrogen-bond acceptors (Lipinski definition) is 5. The van der Waals surface area contributed by atoms with Crippen LogP contribution in [0, 0.1) is 23.2 Å². The van der Waals surface area contributed by atoms with Crippen LogP contribution >= 0.6 is 0 Å². The summed E-state index contributed by atoms with van der Waals surface area (Å²) in [7, 11) is -5.60. The Labute approximate surface area is 343 Å². The van der Waals surface area contributed by atoms with Gasteiger partial charge >= 0.3 is 5.97 Å². The molecule has 8 heteroatoms. The molecule has 55 heavy (non-hydrogen) atoms. The topological polar surface area (TPSA) is 54.0 Å². The predicted octanol–water partition coefficient (Wildman–Crippen LogP) is 14.3. The minimum atomic E-state index is -1.92. The molecule has 0 amide bonds. The van der Waals surface area contributed by atoms with Crippen molar-refractivity contribution in [2.45, 2.75) is 238 Å². The van der Waals surface area contributed by atoms with Crippen LogP contribution in [0.4, 0.5) is 0 Å². The van der Waals surface area contributed by atoms with E-state index in [-0.39, 0.29) is 45.2 Å². The molecule has 0 unspecified atom stereocenters. The molecule has 0 bridgehead atoms. The number of carbonyl (C=O) groups excluding carboxylic acids is 1. The molecule has 5 nitrogen and oxygen atoms in total. The van der Waals surface area contributed by atoms with E-state index in [1.165, 1.54) is 68.7 Å². The predicted molar refractivity (Wildman–Crippen MR) is 241 cm³/mol. The minimum Gasteiger partial charge on any atom is -0.465 e. The monoisotopic (exact) mass is 817 g/mol. The molecule has 4 aliphatic rings. The number of esters is 1. The van der Waals surface area contributed by atoms with Gasteiger partial charge in [0.15, 0.2) is 25.0 Å². The molecular weight excluding hydrogens is 729 g/mol.